The molecule has 0 bridgehead atoms. The Hall–Kier alpha value is 0.570. The minimum atomic E-state index is -3.16. The van der Waals surface area contributed by atoms with Crippen LogP contribution in [0.2, 0.25) is 0 Å². The number of aliphatic hydroxyl groups is 1. The van der Waals surface area contributed by atoms with Gasteiger partial charge >= 0.3 is 0 Å². The van der Waals surface area contributed by atoms with Crippen molar-refractivity contribution >= 4 is 53.0 Å². The van der Waals surface area contributed by atoms with Gasteiger partial charge in [-0.05, 0) is 37.9 Å². The molecule has 0 aliphatic rings. The van der Waals surface area contributed by atoms with Crippen molar-refractivity contribution in [2.45, 2.75) is 6.10 Å². The SMILES string of the molecule is CS(=O)(=O)CC(O)c1cc(Br)sc1Br. The van der Waals surface area contributed by atoms with Gasteiger partial charge in [0.2, 0.25) is 0 Å². The maximum Gasteiger partial charge on any atom is 0.150 e. The van der Waals surface area contributed by atoms with Crippen molar-refractivity contribution in [3.8, 4) is 0 Å². The molecule has 80 valence electrons. The zero-order chi connectivity index (χ0) is 10.9. The second kappa shape index (κ2) is 4.61. The Kier molecular flexibility index (Phi) is 4.16. The van der Waals surface area contributed by atoms with Crippen LogP contribution in [-0.4, -0.2) is 25.5 Å². The van der Waals surface area contributed by atoms with Crippen LogP contribution < -0.4 is 0 Å². The number of rotatable bonds is 3. The third kappa shape index (κ3) is 3.62. The van der Waals surface area contributed by atoms with E-state index in [2.05, 4.69) is 31.9 Å². The smallest absolute Gasteiger partial charge is 0.150 e. The molecule has 0 spiro atoms. The van der Waals surface area contributed by atoms with E-state index in [4.69, 9.17) is 0 Å². The summed E-state index contributed by atoms with van der Waals surface area (Å²) in [6.07, 6.45) is 0.132. The van der Waals surface area contributed by atoms with E-state index >= 15 is 0 Å². The Labute approximate surface area is 103 Å². The van der Waals surface area contributed by atoms with Gasteiger partial charge in [0.1, 0.15) is 9.84 Å². The molecule has 0 aliphatic heterocycles. The first-order valence-electron chi connectivity index (χ1n) is 3.60. The van der Waals surface area contributed by atoms with Crippen LogP contribution in [0.15, 0.2) is 13.6 Å². The summed E-state index contributed by atoms with van der Waals surface area (Å²) in [7, 11) is -3.16. The molecule has 0 radical (unpaired) electrons. The fourth-order valence-corrected chi connectivity index (χ4v) is 4.67. The van der Waals surface area contributed by atoms with E-state index in [9.17, 15) is 13.5 Å². The molecule has 0 fully saturated rings. The molecular weight excluding hydrogens is 356 g/mol. The zero-order valence-electron chi connectivity index (χ0n) is 7.20. The fraction of sp³-hybridized carbons (Fsp3) is 0.429. The van der Waals surface area contributed by atoms with Gasteiger partial charge in [0, 0.05) is 11.8 Å². The highest BCUT2D eigenvalue weighted by atomic mass is 79.9. The highest BCUT2D eigenvalue weighted by Crippen LogP contribution is 2.35. The lowest BCUT2D eigenvalue weighted by atomic mass is 10.2. The Bertz CT molecular complexity index is 424. The molecule has 1 atom stereocenters. The number of sulfone groups is 1. The van der Waals surface area contributed by atoms with Gasteiger partial charge in [-0.3, -0.25) is 0 Å². The van der Waals surface area contributed by atoms with Crippen LogP contribution in [-0.2, 0) is 9.84 Å². The predicted octanol–water partition coefficient (Wildman–Crippen LogP) is 2.35. The van der Waals surface area contributed by atoms with Crippen molar-refractivity contribution in [2.75, 3.05) is 12.0 Å². The van der Waals surface area contributed by atoms with E-state index in [0.29, 0.717) is 5.56 Å². The van der Waals surface area contributed by atoms with Gasteiger partial charge < -0.3 is 5.11 Å². The minimum Gasteiger partial charge on any atom is -0.387 e. The predicted molar refractivity (Wildman–Crippen MR) is 64.4 cm³/mol. The topological polar surface area (TPSA) is 54.4 Å². The summed E-state index contributed by atoms with van der Waals surface area (Å²) >= 11 is 7.92. The van der Waals surface area contributed by atoms with Gasteiger partial charge in [0.05, 0.1) is 19.4 Å². The van der Waals surface area contributed by atoms with E-state index in [1.807, 2.05) is 0 Å². The van der Waals surface area contributed by atoms with Gasteiger partial charge in [-0.2, -0.15) is 0 Å². The molecule has 1 heterocycles. The highest BCUT2D eigenvalue weighted by Gasteiger charge is 2.18. The van der Waals surface area contributed by atoms with E-state index in [1.165, 1.54) is 11.3 Å². The number of halogens is 2. The second-order valence-electron chi connectivity index (χ2n) is 2.89. The van der Waals surface area contributed by atoms with E-state index in [-0.39, 0.29) is 5.75 Å². The van der Waals surface area contributed by atoms with Crippen molar-refractivity contribution in [1.29, 1.82) is 0 Å². The Morgan fingerprint density at radius 2 is 2.14 bits per heavy atom. The molecule has 1 rings (SSSR count). The van der Waals surface area contributed by atoms with Crippen molar-refractivity contribution in [3.63, 3.8) is 0 Å². The average Bonchev–Trinajstić information content (AvgIpc) is 2.26. The minimum absolute atomic E-state index is 0.255. The van der Waals surface area contributed by atoms with E-state index in [0.717, 1.165) is 13.8 Å². The monoisotopic (exact) mass is 362 g/mol. The summed E-state index contributed by atoms with van der Waals surface area (Å²) in [6, 6.07) is 1.71. The molecule has 14 heavy (non-hydrogen) atoms. The maximum atomic E-state index is 10.9. The molecule has 0 aliphatic carbocycles. The van der Waals surface area contributed by atoms with Gasteiger partial charge in [-0.25, -0.2) is 8.42 Å². The van der Waals surface area contributed by atoms with Gasteiger partial charge in [0.25, 0.3) is 0 Å². The first-order chi connectivity index (χ1) is 6.29. The molecule has 1 aromatic heterocycles. The van der Waals surface area contributed by atoms with Crippen LogP contribution in [0.3, 0.4) is 0 Å². The summed E-state index contributed by atoms with van der Waals surface area (Å²) in [5.74, 6) is -0.255. The van der Waals surface area contributed by atoms with E-state index in [1.54, 1.807) is 6.07 Å². The lowest BCUT2D eigenvalue weighted by Crippen LogP contribution is -2.12. The summed E-state index contributed by atoms with van der Waals surface area (Å²) in [4.78, 5) is 0. The van der Waals surface area contributed by atoms with Crippen molar-refractivity contribution in [2.24, 2.45) is 0 Å². The van der Waals surface area contributed by atoms with Crippen LogP contribution >= 0.6 is 43.2 Å². The Balaban J connectivity index is 2.90. The van der Waals surface area contributed by atoms with Gasteiger partial charge in [-0.15, -0.1) is 11.3 Å². The van der Waals surface area contributed by atoms with Crippen molar-refractivity contribution in [3.05, 3.63) is 19.2 Å². The first-order valence-corrected chi connectivity index (χ1v) is 8.06. The lowest BCUT2D eigenvalue weighted by molar-refractivity contribution is 0.201. The second-order valence-corrected chi connectivity index (χ2v) is 8.82. The van der Waals surface area contributed by atoms with Crippen LogP contribution in [0.25, 0.3) is 0 Å². The summed E-state index contributed by atoms with van der Waals surface area (Å²) in [5.41, 5.74) is 0.604. The largest absolute Gasteiger partial charge is 0.387 e. The molecule has 3 nitrogen and oxygen atoms in total. The molecule has 7 heteroatoms. The number of thiophene rings is 1. The number of hydrogen-bond donors (Lipinski definition) is 1. The number of aliphatic hydroxyl groups excluding tert-OH is 1. The molecule has 1 unspecified atom stereocenters. The zero-order valence-corrected chi connectivity index (χ0v) is 12.0. The quantitative estimate of drug-likeness (QED) is 0.896. The third-order valence-electron chi connectivity index (χ3n) is 1.50. The average molecular weight is 364 g/mol. The van der Waals surface area contributed by atoms with E-state index < -0.39 is 15.9 Å². The Morgan fingerprint density at radius 1 is 1.57 bits per heavy atom. The lowest BCUT2D eigenvalue weighted by Gasteiger charge is -2.07. The summed E-state index contributed by atoms with van der Waals surface area (Å²) < 4.78 is 23.5. The molecule has 0 saturated carbocycles. The first kappa shape index (κ1) is 12.6. The maximum absolute atomic E-state index is 10.9. The molecule has 0 aromatic carbocycles. The van der Waals surface area contributed by atoms with Gasteiger partial charge in [0.15, 0.2) is 0 Å². The van der Waals surface area contributed by atoms with Crippen molar-refractivity contribution in [1.82, 2.24) is 0 Å². The molecule has 0 saturated heterocycles. The standard InChI is InChI=1S/C7H8Br2O3S2/c1-14(11,12)3-5(10)4-2-6(8)13-7(4)9/h2,5,10H,3H2,1H3. The van der Waals surface area contributed by atoms with Crippen LogP contribution in [0, 0.1) is 0 Å². The normalized spacial score (nSPS) is 14.3. The van der Waals surface area contributed by atoms with Crippen molar-refractivity contribution < 1.29 is 13.5 Å². The summed E-state index contributed by atoms with van der Waals surface area (Å²) in [5, 5.41) is 9.63. The summed E-state index contributed by atoms with van der Waals surface area (Å²) in [6.45, 7) is 0. The molecule has 1 aromatic rings. The molecule has 0 amide bonds. The fourth-order valence-electron chi connectivity index (χ4n) is 0.957. The van der Waals surface area contributed by atoms with Crippen LogP contribution in [0.4, 0.5) is 0 Å². The number of hydrogen-bond acceptors (Lipinski definition) is 4. The van der Waals surface area contributed by atoms with Crippen LogP contribution in [0.1, 0.15) is 11.7 Å². The highest BCUT2D eigenvalue weighted by molar-refractivity contribution is 9.12. The third-order valence-corrected chi connectivity index (χ3v) is 4.81. The molecular formula is C7H8Br2O3S2. The molecule has 1 N–H and O–H groups in total. The van der Waals surface area contributed by atoms with Gasteiger partial charge in [-0.1, -0.05) is 0 Å². The Morgan fingerprint density at radius 3 is 2.50 bits per heavy atom. The van der Waals surface area contributed by atoms with Crippen LogP contribution in [0.5, 0.6) is 0 Å².